The van der Waals surface area contributed by atoms with Gasteiger partial charge >= 0.3 is 0 Å². The SMILES string of the molecule is CC1CC(C(=O)NCCS(=O)(=O)N(C)C)CCN1. The summed E-state index contributed by atoms with van der Waals surface area (Å²) in [6, 6.07) is 0.347. The minimum Gasteiger partial charge on any atom is -0.355 e. The van der Waals surface area contributed by atoms with Gasteiger partial charge in [-0.15, -0.1) is 0 Å². The average molecular weight is 277 g/mol. The highest BCUT2D eigenvalue weighted by Gasteiger charge is 2.24. The number of carbonyl (C=O) groups excluding carboxylic acids is 1. The molecule has 0 radical (unpaired) electrons. The van der Waals surface area contributed by atoms with Crippen LogP contribution in [0.4, 0.5) is 0 Å². The van der Waals surface area contributed by atoms with Gasteiger partial charge in [0.1, 0.15) is 0 Å². The van der Waals surface area contributed by atoms with E-state index in [2.05, 4.69) is 17.6 Å². The molecule has 1 saturated heterocycles. The molecule has 2 N–H and O–H groups in total. The molecule has 1 amide bonds. The third kappa shape index (κ3) is 4.55. The van der Waals surface area contributed by atoms with Crippen molar-refractivity contribution in [3.63, 3.8) is 0 Å². The predicted octanol–water partition coefficient (Wildman–Crippen LogP) is -0.618. The van der Waals surface area contributed by atoms with E-state index in [0.717, 1.165) is 19.4 Å². The van der Waals surface area contributed by atoms with Gasteiger partial charge in [-0.25, -0.2) is 12.7 Å². The first-order valence-corrected chi connectivity index (χ1v) is 7.85. The molecule has 0 aromatic rings. The molecule has 0 bridgehead atoms. The fourth-order valence-corrected chi connectivity index (χ4v) is 2.73. The highest BCUT2D eigenvalue weighted by molar-refractivity contribution is 7.89. The fourth-order valence-electron chi connectivity index (χ4n) is 2.00. The minimum atomic E-state index is -3.23. The van der Waals surface area contributed by atoms with Crippen LogP contribution in [0.3, 0.4) is 0 Å². The predicted molar refractivity (Wildman–Crippen MR) is 70.7 cm³/mol. The Balaban J connectivity index is 2.33. The largest absolute Gasteiger partial charge is 0.355 e. The number of amides is 1. The normalized spacial score (nSPS) is 25.1. The summed E-state index contributed by atoms with van der Waals surface area (Å²) in [4.78, 5) is 11.9. The summed E-state index contributed by atoms with van der Waals surface area (Å²) in [7, 11) is -0.246. The topological polar surface area (TPSA) is 78.5 Å². The van der Waals surface area contributed by atoms with Crippen LogP contribution in [-0.4, -0.2) is 57.6 Å². The third-order valence-corrected chi connectivity index (χ3v) is 5.04. The van der Waals surface area contributed by atoms with Crippen LogP contribution in [0.5, 0.6) is 0 Å². The van der Waals surface area contributed by atoms with Gasteiger partial charge in [0.05, 0.1) is 5.75 Å². The van der Waals surface area contributed by atoms with Gasteiger partial charge in [-0.05, 0) is 26.3 Å². The number of nitrogens with one attached hydrogen (secondary N) is 2. The molecule has 1 rings (SSSR count). The Hall–Kier alpha value is -0.660. The molecule has 7 heteroatoms. The molecule has 18 heavy (non-hydrogen) atoms. The van der Waals surface area contributed by atoms with Gasteiger partial charge in [-0.1, -0.05) is 0 Å². The first-order valence-electron chi connectivity index (χ1n) is 6.24. The zero-order chi connectivity index (χ0) is 13.8. The van der Waals surface area contributed by atoms with Gasteiger partial charge < -0.3 is 10.6 Å². The van der Waals surface area contributed by atoms with Gasteiger partial charge in [-0.2, -0.15) is 0 Å². The summed E-state index contributed by atoms with van der Waals surface area (Å²) in [6.07, 6.45) is 1.63. The molecule has 1 aliphatic rings. The van der Waals surface area contributed by atoms with Crippen molar-refractivity contribution in [3.8, 4) is 0 Å². The number of rotatable bonds is 5. The minimum absolute atomic E-state index is 0.00307. The van der Waals surface area contributed by atoms with Crippen LogP contribution in [-0.2, 0) is 14.8 Å². The van der Waals surface area contributed by atoms with Crippen molar-refractivity contribution in [1.82, 2.24) is 14.9 Å². The van der Waals surface area contributed by atoms with E-state index in [9.17, 15) is 13.2 Å². The first-order chi connectivity index (χ1) is 8.33. The van der Waals surface area contributed by atoms with Gasteiger partial charge in [0.15, 0.2) is 0 Å². The zero-order valence-electron chi connectivity index (χ0n) is 11.3. The van der Waals surface area contributed by atoms with Crippen molar-refractivity contribution in [1.29, 1.82) is 0 Å². The maximum absolute atomic E-state index is 11.9. The number of hydrogen-bond acceptors (Lipinski definition) is 4. The summed E-state index contributed by atoms with van der Waals surface area (Å²) in [5.41, 5.74) is 0. The summed E-state index contributed by atoms with van der Waals surface area (Å²) < 4.78 is 24.2. The lowest BCUT2D eigenvalue weighted by molar-refractivity contribution is -0.125. The van der Waals surface area contributed by atoms with E-state index >= 15 is 0 Å². The third-order valence-electron chi connectivity index (χ3n) is 3.21. The van der Waals surface area contributed by atoms with Gasteiger partial charge in [0.2, 0.25) is 15.9 Å². The maximum Gasteiger partial charge on any atom is 0.223 e. The summed E-state index contributed by atoms with van der Waals surface area (Å²) >= 11 is 0. The second-order valence-corrected chi connectivity index (χ2v) is 7.27. The van der Waals surface area contributed by atoms with Crippen LogP contribution in [0.2, 0.25) is 0 Å². The molecule has 1 fully saturated rings. The molecule has 1 heterocycles. The highest BCUT2D eigenvalue weighted by Crippen LogP contribution is 2.15. The summed E-state index contributed by atoms with van der Waals surface area (Å²) in [5.74, 6) is -0.0765. The van der Waals surface area contributed by atoms with Crippen LogP contribution in [0.15, 0.2) is 0 Å². The van der Waals surface area contributed by atoms with Crippen molar-refractivity contribution in [2.45, 2.75) is 25.8 Å². The maximum atomic E-state index is 11.9. The molecule has 0 aromatic heterocycles. The smallest absolute Gasteiger partial charge is 0.223 e. The van der Waals surface area contributed by atoms with E-state index in [0.29, 0.717) is 6.04 Å². The molecule has 6 nitrogen and oxygen atoms in total. The molecule has 0 saturated carbocycles. The lowest BCUT2D eigenvalue weighted by Gasteiger charge is -2.27. The van der Waals surface area contributed by atoms with Crippen molar-refractivity contribution in [2.24, 2.45) is 5.92 Å². The Bertz CT molecular complexity index is 381. The van der Waals surface area contributed by atoms with Crippen molar-refractivity contribution in [2.75, 3.05) is 32.9 Å². The van der Waals surface area contributed by atoms with Crippen LogP contribution in [0, 0.1) is 5.92 Å². The van der Waals surface area contributed by atoms with Crippen molar-refractivity contribution < 1.29 is 13.2 Å². The Kier molecular flexibility index (Phi) is 5.55. The second kappa shape index (κ2) is 6.49. The molecule has 2 atom stereocenters. The second-order valence-electron chi connectivity index (χ2n) is 4.97. The zero-order valence-corrected chi connectivity index (χ0v) is 12.1. The van der Waals surface area contributed by atoms with Gasteiger partial charge in [0, 0.05) is 32.6 Å². The van der Waals surface area contributed by atoms with Crippen molar-refractivity contribution in [3.05, 3.63) is 0 Å². The summed E-state index contributed by atoms with van der Waals surface area (Å²) in [5, 5.41) is 5.99. The van der Waals surface area contributed by atoms with Crippen molar-refractivity contribution >= 4 is 15.9 Å². The molecule has 0 aromatic carbocycles. The Morgan fingerprint density at radius 1 is 1.44 bits per heavy atom. The van der Waals surface area contributed by atoms with E-state index in [1.165, 1.54) is 18.4 Å². The molecular weight excluding hydrogens is 254 g/mol. The Labute approximate surface area is 109 Å². The lowest BCUT2D eigenvalue weighted by Crippen LogP contribution is -2.43. The molecular formula is C11H23N3O3S. The van der Waals surface area contributed by atoms with Crippen LogP contribution < -0.4 is 10.6 Å². The number of sulfonamides is 1. The number of piperidine rings is 1. The highest BCUT2D eigenvalue weighted by atomic mass is 32.2. The Morgan fingerprint density at radius 2 is 2.11 bits per heavy atom. The summed E-state index contributed by atoms with van der Waals surface area (Å²) in [6.45, 7) is 3.07. The number of hydrogen-bond donors (Lipinski definition) is 2. The van der Waals surface area contributed by atoms with Gasteiger partial charge in [-0.3, -0.25) is 4.79 Å². The van der Waals surface area contributed by atoms with Crippen LogP contribution in [0.1, 0.15) is 19.8 Å². The van der Waals surface area contributed by atoms with E-state index < -0.39 is 10.0 Å². The first kappa shape index (κ1) is 15.4. The Morgan fingerprint density at radius 3 is 2.67 bits per heavy atom. The number of carbonyl (C=O) groups is 1. The van der Waals surface area contributed by atoms with Gasteiger partial charge in [0.25, 0.3) is 0 Å². The average Bonchev–Trinajstić information content (AvgIpc) is 2.28. The van der Waals surface area contributed by atoms with E-state index in [1.54, 1.807) is 0 Å². The molecule has 0 spiro atoms. The molecule has 0 aliphatic carbocycles. The standard InChI is InChI=1S/C11H23N3O3S/c1-9-8-10(4-5-12-9)11(15)13-6-7-18(16,17)14(2)3/h9-10,12H,4-8H2,1-3H3,(H,13,15). The van der Waals surface area contributed by atoms with E-state index in [-0.39, 0.29) is 24.1 Å². The molecule has 1 aliphatic heterocycles. The van der Waals surface area contributed by atoms with E-state index in [4.69, 9.17) is 0 Å². The van der Waals surface area contributed by atoms with E-state index in [1.807, 2.05) is 0 Å². The molecule has 2 unspecified atom stereocenters. The quantitative estimate of drug-likeness (QED) is 0.702. The number of nitrogens with zero attached hydrogens (tertiary/aromatic N) is 1. The fraction of sp³-hybridized carbons (Fsp3) is 0.909. The lowest BCUT2D eigenvalue weighted by atomic mass is 9.92. The monoisotopic (exact) mass is 277 g/mol. The van der Waals surface area contributed by atoms with Crippen LogP contribution >= 0.6 is 0 Å². The van der Waals surface area contributed by atoms with Crippen LogP contribution in [0.25, 0.3) is 0 Å². The molecule has 106 valence electrons.